The summed E-state index contributed by atoms with van der Waals surface area (Å²) in [6.07, 6.45) is 0. The number of anilines is 1. The van der Waals surface area contributed by atoms with Crippen molar-refractivity contribution in [1.29, 1.82) is 0 Å². The monoisotopic (exact) mass is 435 g/mol. The van der Waals surface area contributed by atoms with Gasteiger partial charge in [0.15, 0.2) is 0 Å². The topological polar surface area (TPSA) is 72.5 Å². The van der Waals surface area contributed by atoms with Crippen molar-refractivity contribution >= 4 is 44.9 Å². The Balaban J connectivity index is 1.86. The van der Waals surface area contributed by atoms with E-state index >= 15 is 0 Å². The fraction of sp³-hybridized carbons (Fsp3) is 0.0500. The molecule has 28 heavy (non-hydrogen) atoms. The normalized spacial score (nSPS) is 11.1. The molecule has 3 aromatic rings. The van der Waals surface area contributed by atoms with Gasteiger partial charge in [-0.15, -0.1) is 0 Å². The van der Waals surface area contributed by atoms with E-state index in [-0.39, 0.29) is 16.1 Å². The van der Waals surface area contributed by atoms with Crippen molar-refractivity contribution in [2.24, 2.45) is 0 Å². The first kappa shape index (κ1) is 20.2. The number of benzene rings is 3. The van der Waals surface area contributed by atoms with Gasteiger partial charge in [0, 0.05) is 21.3 Å². The highest BCUT2D eigenvalue weighted by atomic mass is 35.5. The van der Waals surface area contributed by atoms with Gasteiger partial charge in [0.1, 0.15) is 0 Å². The molecule has 1 N–H and O–H groups in total. The van der Waals surface area contributed by atoms with Crippen molar-refractivity contribution in [1.82, 2.24) is 0 Å². The zero-order valence-electron chi connectivity index (χ0n) is 14.6. The van der Waals surface area contributed by atoms with Gasteiger partial charge in [0.25, 0.3) is 10.0 Å². The number of carbonyl (C=O) groups is 1. The van der Waals surface area contributed by atoms with Crippen molar-refractivity contribution < 1.29 is 17.9 Å². The zero-order valence-corrected chi connectivity index (χ0v) is 17.0. The van der Waals surface area contributed by atoms with Gasteiger partial charge in [-0.3, -0.25) is 4.72 Å². The van der Waals surface area contributed by atoms with Crippen LogP contribution in [0, 0.1) is 0 Å². The molecule has 0 bridgehead atoms. The average molecular weight is 436 g/mol. The van der Waals surface area contributed by atoms with E-state index in [1.807, 2.05) is 0 Å². The molecule has 0 heterocycles. The summed E-state index contributed by atoms with van der Waals surface area (Å²) in [5, 5.41) is 0.993. The van der Waals surface area contributed by atoms with Crippen LogP contribution in [-0.4, -0.2) is 21.5 Å². The number of nitrogens with one attached hydrogen (secondary N) is 1. The van der Waals surface area contributed by atoms with E-state index in [2.05, 4.69) is 9.46 Å². The number of halogens is 2. The molecule has 8 heteroatoms. The first-order valence-electron chi connectivity index (χ1n) is 8.07. The van der Waals surface area contributed by atoms with E-state index < -0.39 is 16.0 Å². The molecule has 0 amide bonds. The molecule has 144 valence electrons. The van der Waals surface area contributed by atoms with Crippen molar-refractivity contribution in [3.8, 4) is 11.1 Å². The molecule has 0 atom stereocenters. The summed E-state index contributed by atoms with van der Waals surface area (Å²) in [5.41, 5.74) is 2.00. The van der Waals surface area contributed by atoms with E-state index in [0.29, 0.717) is 10.0 Å². The minimum Gasteiger partial charge on any atom is -0.465 e. The first-order chi connectivity index (χ1) is 13.3. The molecule has 3 rings (SSSR count). The van der Waals surface area contributed by atoms with Gasteiger partial charge in [-0.05, 0) is 48.0 Å². The Morgan fingerprint density at radius 3 is 2.32 bits per heavy atom. The van der Waals surface area contributed by atoms with E-state index in [0.717, 1.165) is 11.1 Å². The summed E-state index contributed by atoms with van der Waals surface area (Å²) in [6, 6.07) is 17.4. The predicted molar refractivity (Wildman–Crippen MR) is 110 cm³/mol. The molecule has 0 aliphatic rings. The fourth-order valence-electron chi connectivity index (χ4n) is 2.58. The summed E-state index contributed by atoms with van der Waals surface area (Å²) in [7, 11) is -2.58. The number of rotatable bonds is 5. The van der Waals surface area contributed by atoms with Crippen LogP contribution in [-0.2, 0) is 14.8 Å². The van der Waals surface area contributed by atoms with Crippen molar-refractivity contribution in [3.63, 3.8) is 0 Å². The summed E-state index contributed by atoms with van der Waals surface area (Å²) in [4.78, 5) is 11.7. The minimum absolute atomic E-state index is 0.0739. The SMILES string of the molecule is COC(=O)c1cccc(NS(=O)(=O)c2ccc(-c3ccc(Cl)cc3Cl)cc2)c1. The lowest BCUT2D eigenvalue weighted by molar-refractivity contribution is 0.0601. The summed E-state index contributed by atoms with van der Waals surface area (Å²) in [5.74, 6) is -0.551. The number of esters is 1. The van der Waals surface area contributed by atoms with E-state index in [9.17, 15) is 13.2 Å². The Labute approximate surface area is 172 Å². The maximum absolute atomic E-state index is 12.6. The number of hydrogen-bond donors (Lipinski definition) is 1. The molecule has 5 nitrogen and oxygen atoms in total. The standard InChI is InChI=1S/C20H15Cl2NO4S/c1-27-20(24)14-3-2-4-16(11-14)23-28(25,26)17-8-5-13(6-9-17)18-10-7-15(21)12-19(18)22/h2-12,23H,1H3. The second-order valence-corrected chi connectivity index (χ2v) is 8.35. The van der Waals surface area contributed by atoms with Crippen molar-refractivity contribution in [2.45, 2.75) is 4.90 Å². The highest BCUT2D eigenvalue weighted by Crippen LogP contribution is 2.31. The number of ether oxygens (including phenoxy) is 1. The summed E-state index contributed by atoms with van der Waals surface area (Å²) >= 11 is 12.1. The molecule has 0 saturated heterocycles. The molecule has 3 aromatic carbocycles. The molecule has 0 aromatic heterocycles. The summed E-state index contributed by atoms with van der Waals surface area (Å²) < 4.78 is 32.4. The molecule has 0 radical (unpaired) electrons. The Morgan fingerprint density at radius 1 is 0.964 bits per heavy atom. The van der Waals surface area contributed by atoms with Crippen LogP contribution in [0.4, 0.5) is 5.69 Å². The maximum atomic E-state index is 12.6. The second-order valence-electron chi connectivity index (χ2n) is 5.83. The lowest BCUT2D eigenvalue weighted by atomic mass is 10.1. The Morgan fingerprint density at radius 2 is 1.68 bits per heavy atom. The van der Waals surface area contributed by atoms with Gasteiger partial charge in [0.05, 0.1) is 17.6 Å². The Kier molecular flexibility index (Phi) is 5.93. The van der Waals surface area contributed by atoms with Crippen LogP contribution in [0.1, 0.15) is 10.4 Å². The minimum atomic E-state index is -3.83. The average Bonchev–Trinajstić information content (AvgIpc) is 2.67. The molecule has 0 aliphatic heterocycles. The van der Waals surface area contributed by atoms with Crippen LogP contribution < -0.4 is 4.72 Å². The molecular formula is C20H15Cl2NO4S. The van der Waals surface area contributed by atoms with E-state index in [4.69, 9.17) is 23.2 Å². The first-order valence-corrected chi connectivity index (χ1v) is 10.3. The highest BCUT2D eigenvalue weighted by Gasteiger charge is 2.16. The Hall–Kier alpha value is -2.54. The predicted octanol–water partition coefficient (Wildman–Crippen LogP) is 5.25. The molecule has 0 saturated carbocycles. The zero-order chi connectivity index (χ0) is 20.3. The van der Waals surface area contributed by atoms with Crippen LogP contribution >= 0.6 is 23.2 Å². The summed E-state index contributed by atoms with van der Waals surface area (Å²) in [6.45, 7) is 0. The van der Waals surface area contributed by atoms with Crippen LogP contribution in [0.25, 0.3) is 11.1 Å². The van der Waals surface area contributed by atoms with Gasteiger partial charge < -0.3 is 4.74 Å². The third-order valence-corrected chi connectivity index (χ3v) is 5.89. The lowest BCUT2D eigenvalue weighted by Crippen LogP contribution is -2.13. The Bertz CT molecular complexity index is 1130. The smallest absolute Gasteiger partial charge is 0.337 e. The van der Waals surface area contributed by atoms with Crippen LogP contribution in [0.5, 0.6) is 0 Å². The number of hydrogen-bond acceptors (Lipinski definition) is 4. The van der Waals surface area contributed by atoms with Gasteiger partial charge >= 0.3 is 5.97 Å². The second kappa shape index (κ2) is 8.22. The van der Waals surface area contributed by atoms with E-state index in [1.54, 1.807) is 42.5 Å². The molecule has 0 aliphatic carbocycles. The number of carbonyl (C=O) groups excluding carboxylic acids is 1. The molecular weight excluding hydrogens is 421 g/mol. The largest absolute Gasteiger partial charge is 0.465 e. The molecule has 0 spiro atoms. The lowest BCUT2D eigenvalue weighted by Gasteiger charge is -2.10. The van der Waals surface area contributed by atoms with Crippen LogP contribution in [0.3, 0.4) is 0 Å². The van der Waals surface area contributed by atoms with Crippen LogP contribution in [0.2, 0.25) is 10.0 Å². The van der Waals surface area contributed by atoms with Crippen molar-refractivity contribution in [2.75, 3.05) is 11.8 Å². The van der Waals surface area contributed by atoms with Gasteiger partial charge in [-0.25, -0.2) is 13.2 Å². The highest BCUT2D eigenvalue weighted by molar-refractivity contribution is 7.92. The van der Waals surface area contributed by atoms with Crippen molar-refractivity contribution in [3.05, 3.63) is 82.3 Å². The molecule has 0 fully saturated rings. The fourth-order valence-corrected chi connectivity index (χ4v) is 4.15. The number of sulfonamides is 1. The third kappa shape index (κ3) is 4.47. The van der Waals surface area contributed by atoms with E-state index in [1.165, 1.54) is 31.4 Å². The van der Waals surface area contributed by atoms with Gasteiger partial charge in [-0.1, -0.05) is 47.5 Å². The van der Waals surface area contributed by atoms with Gasteiger partial charge in [-0.2, -0.15) is 0 Å². The third-order valence-electron chi connectivity index (χ3n) is 3.94. The number of methoxy groups -OCH3 is 1. The van der Waals surface area contributed by atoms with Crippen LogP contribution in [0.15, 0.2) is 71.6 Å². The quantitative estimate of drug-likeness (QED) is 0.555. The van der Waals surface area contributed by atoms with Gasteiger partial charge in [0.2, 0.25) is 0 Å². The molecule has 0 unspecified atom stereocenters. The maximum Gasteiger partial charge on any atom is 0.337 e.